The molecule has 0 unspecified atom stereocenters. The number of pyridine rings is 1. The molecule has 6 heteroatoms. The van der Waals surface area contributed by atoms with E-state index in [1.54, 1.807) is 18.0 Å². The molecule has 0 saturated heterocycles. The van der Waals surface area contributed by atoms with Crippen molar-refractivity contribution in [2.45, 2.75) is 26.1 Å². The van der Waals surface area contributed by atoms with Gasteiger partial charge in [0.05, 0.1) is 16.7 Å². The number of hydrogen-bond donors (Lipinski definition) is 0. The first kappa shape index (κ1) is 15.0. The number of carbonyl (C=O) groups is 1. The largest absolute Gasteiger partial charge is 0.480 e. The van der Waals surface area contributed by atoms with Crippen LogP contribution in [-0.2, 0) is 17.9 Å². The van der Waals surface area contributed by atoms with Gasteiger partial charge in [-0.05, 0) is 52.7 Å². The first-order valence-electron chi connectivity index (χ1n) is 6.88. The number of fused-ring (bicyclic) bond motifs is 1. The molecule has 1 aliphatic rings. The molecular weight excluding hydrogens is 351 g/mol. The number of ether oxygens (including phenoxy) is 1. The number of halogens is 2. The van der Waals surface area contributed by atoms with Crippen molar-refractivity contribution in [1.82, 2.24) is 9.88 Å². The third-order valence-corrected chi connectivity index (χ3v) is 4.16. The Labute approximate surface area is 136 Å². The lowest BCUT2D eigenvalue weighted by Gasteiger charge is -2.21. The van der Waals surface area contributed by atoms with E-state index in [-0.39, 0.29) is 11.7 Å². The van der Waals surface area contributed by atoms with Crippen molar-refractivity contribution in [3.8, 4) is 5.75 Å². The molecular formula is C16H14BrFN2O2. The maximum Gasteiger partial charge on any atom is 0.264 e. The normalized spacial score (nSPS) is 14.6. The second-order valence-corrected chi connectivity index (χ2v) is 5.99. The van der Waals surface area contributed by atoms with E-state index in [1.165, 1.54) is 18.2 Å². The Hall–Kier alpha value is -1.95. The van der Waals surface area contributed by atoms with E-state index in [4.69, 9.17) is 4.74 Å². The van der Waals surface area contributed by atoms with Crippen molar-refractivity contribution in [3.63, 3.8) is 0 Å². The molecule has 0 bridgehead atoms. The predicted octanol–water partition coefficient (Wildman–Crippen LogP) is 3.29. The molecule has 2 heterocycles. The first-order chi connectivity index (χ1) is 10.5. The van der Waals surface area contributed by atoms with Gasteiger partial charge in [-0.3, -0.25) is 9.78 Å². The summed E-state index contributed by atoms with van der Waals surface area (Å²) in [6, 6.07) is 7.94. The van der Waals surface area contributed by atoms with Crippen LogP contribution in [0, 0.1) is 5.82 Å². The molecule has 22 heavy (non-hydrogen) atoms. The monoisotopic (exact) mass is 364 g/mol. The van der Waals surface area contributed by atoms with E-state index in [2.05, 4.69) is 20.9 Å². The molecule has 0 aliphatic carbocycles. The van der Waals surface area contributed by atoms with Crippen LogP contribution in [0.25, 0.3) is 0 Å². The van der Waals surface area contributed by atoms with Crippen LogP contribution in [0.4, 0.5) is 4.39 Å². The standard InChI is InChI=1S/C16H14BrFN2O2/c1-10(22-15-5-4-12(18)7-13(15)17)16(21)20-8-11-3-2-6-19-14(11)9-20/h2-7,10H,8-9H2,1H3/t10-/m1/s1. The molecule has 0 saturated carbocycles. The summed E-state index contributed by atoms with van der Waals surface area (Å²) in [6.07, 6.45) is 1.07. The Morgan fingerprint density at radius 2 is 2.23 bits per heavy atom. The summed E-state index contributed by atoms with van der Waals surface area (Å²) in [5, 5.41) is 0. The van der Waals surface area contributed by atoms with Crippen molar-refractivity contribution in [1.29, 1.82) is 0 Å². The zero-order chi connectivity index (χ0) is 15.7. The molecule has 0 radical (unpaired) electrons. The van der Waals surface area contributed by atoms with Crippen LogP contribution in [0.2, 0.25) is 0 Å². The highest BCUT2D eigenvalue weighted by Crippen LogP contribution is 2.27. The second-order valence-electron chi connectivity index (χ2n) is 5.14. The topological polar surface area (TPSA) is 42.4 Å². The highest BCUT2D eigenvalue weighted by Gasteiger charge is 2.28. The lowest BCUT2D eigenvalue weighted by molar-refractivity contribution is -0.138. The maximum atomic E-state index is 13.1. The number of rotatable bonds is 3. The summed E-state index contributed by atoms with van der Waals surface area (Å²) in [5.74, 6) is -0.0365. The number of hydrogen-bond acceptors (Lipinski definition) is 3. The Morgan fingerprint density at radius 1 is 1.41 bits per heavy atom. The molecule has 0 spiro atoms. The van der Waals surface area contributed by atoms with Gasteiger partial charge in [0.25, 0.3) is 5.91 Å². The van der Waals surface area contributed by atoms with E-state index in [0.717, 1.165) is 11.3 Å². The fraction of sp³-hybridized carbons (Fsp3) is 0.250. The third kappa shape index (κ3) is 2.97. The van der Waals surface area contributed by atoms with Gasteiger partial charge in [-0.25, -0.2) is 4.39 Å². The SMILES string of the molecule is C[C@@H](Oc1ccc(F)cc1Br)C(=O)N1Cc2cccnc2C1. The van der Waals surface area contributed by atoms with Crippen molar-refractivity contribution in [3.05, 3.63) is 58.1 Å². The van der Waals surface area contributed by atoms with Gasteiger partial charge in [-0.2, -0.15) is 0 Å². The predicted molar refractivity (Wildman–Crippen MR) is 82.7 cm³/mol. The quantitative estimate of drug-likeness (QED) is 0.838. The fourth-order valence-corrected chi connectivity index (χ4v) is 2.87. The lowest BCUT2D eigenvalue weighted by Crippen LogP contribution is -2.37. The summed E-state index contributed by atoms with van der Waals surface area (Å²) < 4.78 is 19.2. The Balaban J connectivity index is 1.68. The van der Waals surface area contributed by atoms with E-state index in [0.29, 0.717) is 23.3 Å². The molecule has 1 amide bonds. The minimum Gasteiger partial charge on any atom is -0.480 e. The molecule has 1 aromatic carbocycles. The Bertz CT molecular complexity index is 698. The van der Waals surface area contributed by atoms with Crippen molar-refractivity contribution >= 4 is 21.8 Å². The van der Waals surface area contributed by atoms with Crippen LogP contribution in [0.15, 0.2) is 41.0 Å². The molecule has 1 atom stereocenters. The summed E-state index contributed by atoms with van der Waals surface area (Å²) in [7, 11) is 0. The minimum atomic E-state index is -0.656. The summed E-state index contributed by atoms with van der Waals surface area (Å²) in [5.41, 5.74) is 1.98. The molecule has 1 aliphatic heterocycles. The summed E-state index contributed by atoms with van der Waals surface area (Å²) in [6.45, 7) is 2.72. The van der Waals surface area contributed by atoms with Crippen LogP contribution < -0.4 is 4.74 Å². The van der Waals surface area contributed by atoms with Gasteiger partial charge in [0.1, 0.15) is 11.6 Å². The highest BCUT2D eigenvalue weighted by atomic mass is 79.9. The molecule has 0 fully saturated rings. The van der Waals surface area contributed by atoms with Gasteiger partial charge >= 0.3 is 0 Å². The zero-order valence-electron chi connectivity index (χ0n) is 11.9. The number of benzene rings is 1. The average molecular weight is 365 g/mol. The maximum absolute atomic E-state index is 13.1. The second kappa shape index (κ2) is 6.04. The molecule has 1 aromatic heterocycles. The van der Waals surface area contributed by atoms with E-state index in [1.807, 2.05) is 12.1 Å². The van der Waals surface area contributed by atoms with E-state index < -0.39 is 6.10 Å². The number of aromatic nitrogens is 1. The number of carbonyl (C=O) groups excluding carboxylic acids is 1. The third-order valence-electron chi connectivity index (χ3n) is 3.54. The molecule has 0 N–H and O–H groups in total. The molecule has 4 nitrogen and oxygen atoms in total. The van der Waals surface area contributed by atoms with Gasteiger partial charge in [0.15, 0.2) is 6.10 Å². The molecule has 114 valence electrons. The zero-order valence-corrected chi connectivity index (χ0v) is 13.5. The fourth-order valence-electron chi connectivity index (χ4n) is 2.42. The van der Waals surface area contributed by atoms with Crippen molar-refractivity contribution in [2.75, 3.05) is 0 Å². The minimum absolute atomic E-state index is 0.116. The van der Waals surface area contributed by atoms with Gasteiger partial charge in [-0.1, -0.05) is 6.07 Å². The number of nitrogens with zero attached hydrogens (tertiary/aromatic N) is 2. The summed E-state index contributed by atoms with van der Waals surface area (Å²) in [4.78, 5) is 18.5. The van der Waals surface area contributed by atoms with Gasteiger partial charge in [-0.15, -0.1) is 0 Å². The van der Waals surface area contributed by atoms with E-state index >= 15 is 0 Å². The van der Waals surface area contributed by atoms with Crippen LogP contribution in [-0.4, -0.2) is 21.9 Å². The average Bonchev–Trinajstić information content (AvgIpc) is 2.93. The van der Waals surface area contributed by atoms with Crippen LogP contribution >= 0.6 is 15.9 Å². The van der Waals surface area contributed by atoms with Gasteiger partial charge in [0.2, 0.25) is 0 Å². The van der Waals surface area contributed by atoms with Crippen LogP contribution in [0.3, 0.4) is 0 Å². The van der Waals surface area contributed by atoms with Crippen molar-refractivity contribution < 1.29 is 13.9 Å². The van der Waals surface area contributed by atoms with Crippen LogP contribution in [0.1, 0.15) is 18.2 Å². The molecule has 3 rings (SSSR count). The van der Waals surface area contributed by atoms with Gasteiger partial charge in [0, 0.05) is 12.7 Å². The van der Waals surface area contributed by atoms with E-state index in [9.17, 15) is 9.18 Å². The Morgan fingerprint density at radius 3 is 2.95 bits per heavy atom. The molecule has 2 aromatic rings. The van der Waals surface area contributed by atoms with Crippen molar-refractivity contribution in [2.24, 2.45) is 0 Å². The van der Waals surface area contributed by atoms with Gasteiger partial charge < -0.3 is 9.64 Å². The smallest absolute Gasteiger partial charge is 0.264 e. The van der Waals surface area contributed by atoms with Crippen LogP contribution in [0.5, 0.6) is 5.75 Å². The summed E-state index contributed by atoms with van der Waals surface area (Å²) >= 11 is 3.23. The first-order valence-corrected chi connectivity index (χ1v) is 7.67. The Kier molecular flexibility index (Phi) is 4.11. The lowest BCUT2D eigenvalue weighted by atomic mass is 10.2. The number of amides is 1. The highest BCUT2D eigenvalue weighted by molar-refractivity contribution is 9.10.